The molecular weight excluding hydrogens is 227 g/mol. The van der Waals surface area contributed by atoms with E-state index in [0.29, 0.717) is 17.7 Å². The van der Waals surface area contributed by atoms with Crippen molar-refractivity contribution in [3.05, 3.63) is 24.0 Å². The van der Waals surface area contributed by atoms with Crippen molar-refractivity contribution in [3.63, 3.8) is 0 Å². The summed E-state index contributed by atoms with van der Waals surface area (Å²) in [5, 5.41) is 9.52. The fraction of sp³-hybridized carbons (Fsp3) is 0.250. The summed E-state index contributed by atoms with van der Waals surface area (Å²) in [5.74, 6) is -0.604. The average molecular weight is 235 g/mol. The zero-order valence-electron chi connectivity index (χ0n) is 6.26. The Bertz CT molecular complexity index is 265. The summed E-state index contributed by atoms with van der Waals surface area (Å²) >= 11 is 3.17. The molecular formula is C8H8BrFO2. The van der Waals surface area contributed by atoms with Gasteiger partial charge in [0.15, 0.2) is 11.6 Å². The minimum Gasteiger partial charge on any atom is -0.505 e. The predicted molar refractivity (Wildman–Crippen MR) is 47.4 cm³/mol. The van der Waals surface area contributed by atoms with Gasteiger partial charge in [-0.05, 0) is 12.1 Å². The van der Waals surface area contributed by atoms with Crippen molar-refractivity contribution in [1.82, 2.24) is 0 Å². The second-order valence-electron chi connectivity index (χ2n) is 2.15. The molecule has 0 unspecified atom stereocenters. The lowest BCUT2D eigenvalue weighted by Gasteiger charge is -2.03. The highest BCUT2D eigenvalue weighted by Crippen LogP contribution is 2.20. The molecule has 2 nitrogen and oxygen atoms in total. The Morgan fingerprint density at radius 3 is 2.83 bits per heavy atom. The van der Waals surface area contributed by atoms with Crippen molar-refractivity contribution in [1.29, 1.82) is 0 Å². The summed E-state index contributed by atoms with van der Waals surface area (Å²) in [5.41, 5.74) is 0. The Morgan fingerprint density at radius 2 is 2.25 bits per heavy atom. The zero-order valence-corrected chi connectivity index (χ0v) is 7.84. The number of halogens is 2. The van der Waals surface area contributed by atoms with E-state index < -0.39 is 5.82 Å². The number of aromatic hydroxyl groups is 1. The van der Waals surface area contributed by atoms with Crippen LogP contribution in [0.2, 0.25) is 0 Å². The molecule has 0 heterocycles. The van der Waals surface area contributed by atoms with Gasteiger partial charge in [-0.2, -0.15) is 0 Å². The van der Waals surface area contributed by atoms with Crippen molar-refractivity contribution in [2.75, 3.05) is 11.9 Å². The van der Waals surface area contributed by atoms with E-state index in [1.54, 1.807) is 0 Å². The monoisotopic (exact) mass is 234 g/mol. The summed E-state index contributed by atoms with van der Waals surface area (Å²) in [4.78, 5) is 0. The topological polar surface area (TPSA) is 29.5 Å². The number of rotatable bonds is 3. The molecule has 0 aromatic heterocycles. The number of benzene rings is 1. The van der Waals surface area contributed by atoms with Crippen molar-refractivity contribution < 1.29 is 14.2 Å². The molecule has 66 valence electrons. The lowest BCUT2D eigenvalue weighted by Crippen LogP contribution is -1.97. The van der Waals surface area contributed by atoms with Gasteiger partial charge in [0.05, 0.1) is 6.61 Å². The van der Waals surface area contributed by atoms with Gasteiger partial charge in [-0.3, -0.25) is 0 Å². The molecule has 1 rings (SSSR count). The van der Waals surface area contributed by atoms with Crippen LogP contribution in [0.1, 0.15) is 0 Å². The van der Waals surface area contributed by atoms with E-state index in [1.807, 2.05) is 0 Å². The minimum absolute atomic E-state index is 0.360. The molecule has 12 heavy (non-hydrogen) atoms. The first-order chi connectivity index (χ1) is 5.74. The van der Waals surface area contributed by atoms with E-state index in [4.69, 9.17) is 9.84 Å². The van der Waals surface area contributed by atoms with Gasteiger partial charge in [0.25, 0.3) is 0 Å². The van der Waals surface area contributed by atoms with E-state index in [-0.39, 0.29) is 5.75 Å². The van der Waals surface area contributed by atoms with Gasteiger partial charge in [0, 0.05) is 11.4 Å². The molecule has 0 spiro atoms. The Morgan fingerprint density at radius 1 is 1.50 bits per heavy atom. The molecule has 1 aromatic carbocycles. The smallest absolute Gasteiger partial charge is 0.168 e. The van der Waals surface area contributed by atoms with Crippen LogP contribution in [0.5, 0.6) is 11.5 Å². The van der Waals surface area contributed by atoms with E-state index >= 15 is 0 Å². The van der Waals surface area contributed by atoms with Gasteiger partial charge in [0.2, 0.25) is 0 Å². The van der Waals surface area contributed by atoms with Crippen LogP contribution in [0.15, 0.2) is 18.2 Å². The lowest BCUT2D eigenvalue weighted by molar-refractivity contribution is 0.340. The second kappa shape index (κ2) is 4.30. The van der Waals surface area contributed by atoms with Crippen molar-refractivity contribution in [2.45, 2.75) is 0 Å². The van der Waals surface area contributed by atoms with Crippen molar-refractivity contribution in [3.8, 4) is 11.5 Å². The molecule has 4 heteroatoms. The number of hydrogen-bond donors (Lipinski definition) is 1. The van der Waals surface area contributed by atoms with Gasteiger partial charge < -0.3 is 9.84 Å². The summed E-state index contributed by atoms with van der Waals surface area (Å²) in [6, 6.07) is 3.93. The predicted octanol–water partition coefficient (Wildman–Crippen LogP) is 2.31. The van der Waals surface area contributed by atoms with E-state index in [2.05, 4.69) is 15.9 Å². The van der Waals surface area contributed by atoms with Crippen LogP contribution in [-0.4, -0.2) is 17.0 Å². The second-order valence-corrected chi connectivity index (χ2v) is 2.94. The molecule has 0 saturated carbocycles. The lowest BCUT2D eigenvalue weighted by atomic mass is 10.3. The van der Waals surface area contributed by atoms with Gasteiger partial charge in [-0.1, -0.05) is 15.9 Å². The third-order valence-electron chi connectivity index (χ3n) is 1.27. The Hall–Kier alpha value is -0.770. The van der Waals surface area contributed by atoms with Crippen LogP contribution >= 0.6 is 15.9 Å². The number of alkyl halides is 1. The first kappa shape index (κ1) is 9.32. The van der Waals surface area contributed by atoms with Crippen LogP contribution < -0.4 is 4.74 Å². The maximum atomic E-state index is 12.7. The normalized spacial score (nSPS) is 9.83. The largest absolute Gasteiger partial charge is 0.505 e. The van der Waals surface area contributed by atoms with Gasteiger partial charge in [0.1, 0.15) is 5.75 Å². The third kappa shape index (κ3) is 2.37. The van der Waals surface area contributed by atoms with Crippen LogP contribution in [-0.2, 0) is 0 Å². The van der Waals surface area contributed by atoms with E-state index in [9.17, 15) is 4.39 Å². The molecule has 0 aliphatic rings. The first-order valence-corrected chi connectivity index (χ1v) is 4.53. The Balaban J connectivity index is 2.69. The number of phenolic OH excluding ortho intramolecular Hbond substituents is 1. The Labute approximate surface area is 78.1 Å². The fourth-order valence-corrected chi connectivity index (χ4v) is 0.896. The Kier molecular flexibility index (Phi) is 3.34. The van der Waals surface area contributed by atoms with Gasteiger partial charge in [-0.15, -0.1) is 0 Å². The van der Waals surface area contributed by atoms with Gasteiger partial charge in [-0.25, -0.2) is 4.39 Å². The molecule has 0 bridgehead atoms. The number of phenols is 1. The summed E-state index contributed by atoms with van der Waals surface area (Å²) in [7, 11) is 0. The van der Waals surface area contributed by atoms with Crippen molar-refractivity contribution >= 4 is 15.9 Å². The highest BCUT2D eigenvalue weighted by molar-refractivity contribution is 9.09. The number of hydrogen-bond acceptors (Lipinski definition) is 2. The van der Waals surface area contributed by atoms with E-state index in [1.165, 1.54) is 12.1 Å². The molecule has 0 aliphatic carbocycles. The third-order valence-corrected chi connectivity index (χ3v) is 1.59. The quantitative estimate of drug-likeness (QED) is 0.814. The molecule has 0 fully saturated rings. The minimum atomic E-state index is -0.665. The molecule has 0 aliphatic heterocycles. The molecule has 0 atom stereocenters. The van der Waals surface area contributed by atoms with Crippen LogP contribution in [0.25, 0.3) is 0 Å². The molecule has 0 radical (unpaired) electrons. The SMILES string of the molecule is Oc1ccc(OCCBr)cc1F. The first-order valence-electron chi connectivity index (χ1n) is 3.41. The number of ether oxygens (including phenoxy) is 1. The highest BCUT2D eigenvalue weighted by Gasteiger charge is 2.01. The summed E-state index contributed by atoms with van der Waals surface area (Å²) in [6.07, 6.45) is 0. The molecule has 0 saturated heterocycles. The summed E-state index contributed by atoms with van der Waals surface area (Å²) in [6.45, 7) is 0.476. The fourth-order valence-electron chi connectivity index (χ4n) is 0.734. The maximum Gasteiger partial charge on any atom is 0.168 e. The average Bonchev–Trinajstić information content (AvgIpc) is 2.07. The molecule has 1 aromatic rings. The van der Waals surface area contributed by atoms with Crippen molar-refractivity contribution in [2.24, 2.45) is 0 Å². The molecule has 0 amide bonds. The van der Waals surface area contributed by atoms with Crippen LogP contribution in [0.4, 0.5) is 4.39 Å². The zero-order chi connectivity index (χ0) is 8.97. The standard InChI is InChI=1S/C8H8BrFO2/c9-3-4-12-6-1-2-8(11)7(10)5-6/h1-2,5,11H,3-4H2. The summed E-state index contributed by atoms with van der Waals surface area (Å²) < 4.78 is 17.8. The van der Waals surface area contributed by atoms with Crippen LogP contribution in [0, 0.1) is 5.82 Å². The van der Waals surface area contributed by atoms with E-state index in [0.717, 1.165) is 6.07 Å². The molecule has 1 N–H and O–H groups in total. The maximum absolute atomic E-state index is 12.7. The van der Waals surface area contributed by atoms with Crippen LogP contribution in [0.3, 0.4) is 0 Å². The van der Waals surface area contributed by atoms with Gasteiger partial charge >= 0.3 is 0 Å². The highest BCUT2D eigenvalue weighted by atomic mass is 79.9.